The molecule has 0 aromatic rings. The minimum absolute atomic E-state index is 0.0357. The summed E-state index contributed by atoms with van der Waals surface area (Å²) >= 11 is 0. The standard InChI is InChI=1S/C35H71O5P/c1-3-5-7-9-11-13-15-17-18-20-22-24-26-28-30-34(31-39-41(36,37)40-33-35-32-38-35)29-27-25-23-21-19-16-14-12-10-8-6-4-2/h34-35H,3-33H2,1-2H3,(H,36,37). The van der Waals surface area contributed by atoms with Gasteiger partial charge in [0.25, 0.3) is 0 Å². The fourth-order valence-electron chi connectivity index (χ4n) is 5.79. The van der Waals surface area contributed by atoms with Gasteiger partial charge in [0, 0.05) is 0 Å². The summed E-state index contributed by atoms with van der Waals surface area (Å²) in [7, 11) is -3.98. The molecule has 1 fully saturated rings. The number of unbranched alkanes of at least 4 members (excludes halogenated alkanes) is 24. The highest BCUT2D eigenvalue weighted by molar-refractivity contribution is 7.47. The van der Waals surface area contributed by atoms with E-state index in [4.69, 9.17) is 13.8 Å². The monoisotopic (exact) mass is 603 g/mol. The molecule has 246 valence electrons. The molecule has 0 spiro atoms. The highest BCUT2D eigenvalue weighted by atomic mass is 31.2. The largest absolute Gasteiger partial charge is 0.472 e. The number of epoxide rings is 1. The molecule has 5 nitrogen and oxygen atoms in total. The SMILES string of the molecule is CCCCCCCCCCCCCCCCC(CCCCCCCCCCCCCC)COP(=O)(O)OCC1CO1. The van der Waals surface area contributed by atoms with Crippen LogP contribution in [-0.2, 0) is 18.3 Å². The molecule has 1 N–H and O–H groups in total. The third kappa shape index (κ3) is 28.6. The average molecular weight is 603 g/mol. The molecule has 0 aromatic heterocycles. The van der Waals surface area contributed by atoms with Crippen molar-refractivity contribution in [2.45, 2.75) is 200 Å². The van der Waals surface area contributed by atoms with Crippen LogP contribution >= 0.6 is 7.82 Å². The Morgan fingerprint density at radius 1 is 0.585 bits per heavy atom. The fraction of sp³-hybridized carbons (Fsp3) is 1.00. The number of hydrogen-bond acceptors (Lipinski definition) is 4. The summed E-state index contributed by atoms with van der Waals surface area (Å²) in [6, 6.07) is 0. The van der Waals surface area contributed by atoms with E-state index in [1.54, 1.807) is 0 Å². The average Bonchev–Trinajstić information content (AvgIpc) is 3.80. The summed E-state index contributed by atoms with van der Waals surface area (Å²) < 4.78 is 27.9. The van der Waals surface area contributed by atoms with Crippen molar-refractivity contribution in [1.82, 2.24) is 0 Å². The van der Waals surface area contributed by atoms with Gasteiger partial charge in [-0.1, -0.05) is 181 Å². The van der Waals surface area contributed by atoms with Crippen LogP contribution in [0.5, 0.6) is 0 Å². The first kappa shape index (κ1) is 39.1. The van der Waals surface area contributed by atoms with E-state index in [-0.39, 0.29) is 12.7 Å². The lowest BCUT2D eigenvalue weighted by Crippen LogP contribution is -2.11. The third-order valence-electron chi connectivity index (χ3n) is 8.73. The first-order valence-corrected chi connectivity index (χ1v) is 19.8. The van der Waals surface area contributed by atoms with Gasteiger partial charge in [-0.05, 0) is 18.8 Å². The Bertz CT molecular complexity index is 583. The Kier molecular flexibility index (Phi) is 27.5. The maximum absolute atomic E-state index is 12.3. The zero-order chi connectivity index (χ0) is 29.7. The molecule has 1 heterocycles. The number of phosphoric acid groups is 1. The summed E-state index contributed by atoms with van der Waals surface area (Å²) in [4.78, 5) is 10.1. The molecule has 0 radical (unpaired) electrons. The van der Waals surface area contributed by atoms with E-state index in [9.17, 15) is 9.46 Å². The minimum Gasteiger partial charge on any atom is -0.371 e. The fourth-order valence-corrected chi connectivity index (χ4v) is 6.62. The van der Waals surface area contributed by atoms with Crippen molar-refractivity contribution < 1.29 is 23.2 Å². The van der Waals surface area contributed by atoms with Crippen LogP contribution < -0.4 is 0 Å². The number of rotatable bonds is 34. The van der Waals surface area contributed by atoms with Gasteiger partial charge in [0.2, 0.25) is 0 Å². The van der Waals surface area contributed by atoms with Crippen LogP contribution in [0.4, 0.5) is 0 Å². The Morgan fingerprint density at radius 3 is 1.22 bits per heavy atom. The van der Waals surface area contributed by atoms with Crippen molar-refractivity contribution in [3.05, 3.63) is 0 Å². The maximum atomic E-state index is 12.3. The van der Waals surface area contributed by atoms with Crippen molar-refractivity contribution in [2.24, 2.45) is 5.92 Å². The molecule has 0 saturated carbocycles. The van der Waals surface area contributed by atoms with Crippen LogP contribution in [0.2, 0.25) is 0 Å². The number of hydrogen-bond donors (Lipinski definition) is 1. The van der Waals surface area contributed by atoms with Crippen LogP contribution in [-0.4, -0.2) is 30.8 Å². The van der Waals surface area contributed by atoms with E-state index in [1.165, 1.54) is 167 Å². The normalized spacial score (nSPS) is 17.1. The van der Waals surface area contributed by atoms with Crippen LogP contribution in [0.3, 0.4) is 0 Å². The summed E-state index contributed by atoms with van der Waals surface area (Å²) in [6.07, 6.45) is 37.5. The van der Waals surface area contributed by atoms with Gasteiger partial charge in [0.15, 0.2) is 0 Å². The summed E-state index contributed by atoms with van der Waals surface area (Å²) in [6.45, 7) is 5.65. The Hall–Kier alpha value is 0.0700. The van der Waals surface area contributed by atoms with Gasteiger partial charge < -0.3 is 9.63 Å². The Labute approximate surface area is 256 Å². The summed E-state index contributed by atoms with van der Waals surface area (Å²) in [5.74, 6) is 0.344. The molecule has 41 heavy (non-hydrogen) atoms. The van der Waals surface area contributed by atoms with Gasteiger partial charge >= 0.3 is 7.82 Å². The lowest BCUT2D eigenvalue weighted by molar-refractivity contribution is 0.118. The second-order valence-corrected chi connectivity index (χ2v) is 14.4. The van der Waals surface area contributed by atoms with Gasteiger partial charge in [-0.2, -0.15) is 0 Å². The summed E-state index contributed by atoms with van der Waals surface area (Å²) in [5.41, 5.74) is 0. The van der Waals surface area contributed by atoms with Crippen molar-refractivity contribution in [3.63, 3.8) is 0 Å². The van der Waals surface area contributed by atoms with Gasteiger partial charge in [0.1, 0.15) is 6.10 Å². The molecular formula is C35H71O5P. The van der Waals surface area contributed by atoms with E-state index in [2.05, 4.69) is 13.8 Å². The van der Waals surface area contributed by atoms with Gasteiger partial charge in [-0.15, -0.1) is 0 Å². The molecule has 3 unspecified atom stereocenters. The van der Waals surface area contributed by atoms with Crippen molar-refractivity contribution in [3.8, 4) is 0 Å². The van der Waals surface area contributed by atoms with Crippen molar-refractivity contribution in [2.75, 3.05) is 19.8 Å². The highest BCUT2D eigenvalue weighted by Gasteiger charge is 2.30. The zero-order valence-electron chi connectivity index (χ0n) is 27.6. The quantitative estimate of drug-likeness (QED) is 0.0451. The lowest BCUT2D eigenvalue weighted by Gasteiger charge is -2.19. The predicted molar refractivity (Wildman–Crippen MR) is 176 cm³/mol. The van der Waals surface area contributed by atoms with Gasteiger partial charge in [-0.25, -0.2) is 4.57 Å². The second-order valence-electron chi connectivity index (χ2n) is 12.9. The minimum atomic E-state index is -3.98. The van der Waals surface area contributed by atoms with Crippen LogP contribution in [0.15, 0.2) is 0 Å². The molecule has 1 aliphatic heterocycles. The molecule has 0 aromatic carbocycles. The van der Waals surface area contributed by atoms with Crippen molar-refractivity contribution >= 4 is 7.82 Å². The van der Waals surface area contributed by atoms with Crippen LogP contribution in [0, 0.1) is 5.92 Å². The first-order chi connectivity index (χ1) is 20.1. The van der Waals surface area contributed by atoms with Crippen LogP contribution in [0.1, 0.15) is 194 Å². The highest BCUT2D eigenvalue weighted by Crippen LogP contribution is 2.44. The first-order valence-electron chi connectivity index (χ1n) is 18.3. The summed E-state index contributed by atoms with van der Waals surface area (Å²) in [5, 5.41) is 0. The Morgan fingerprint density at radius 2 is 0.902 bits per heavy atom. The molecule has 0 bridgehead atoms. The molecule has 0 aliphatic carbocycles. The molecule has 0 amide bonds. The predicted octanol–water partition coefficient (Wildman–Crippen LogP) is 12.1. The van der Waals surface area contributed by atoms with E-state index in [0.29, 0.717) is 19.1 Å². The Balaban J connectivity index is 2.10. The molecular weight excluding hydrogens is 531 g/mol. The van der Waals surface area contributed by atoms with E-state index < -0.39 is 7.82 Å². The number of ether oxygens (including phenoxy) is 1. The zero-order valence-corrected chi connectivity index (χ0v) is 28.5. The van der Waals surface area contributed by atoms with E-state index in [0.717, 1.165) is 12.8 Å². The van der Waals surface area contributed by atoms with Gasteiger partial charge in [-0.3, -0.25) is 9.05 Å². The lowest BCUT2D eigenvalue weighted by atomic mass is 9.94. The third-order valence-corrected chi connectivity index (χ3v) is 9.68. The van der Waals surface area contributed by atoms with Gasteiger partial charge in [0.05, 0.1) is 19.8 Å². The number of phosphoric ester groups is 1. The molecule has 1 aliphatic rings. The van der Waals surface area contributed by atoms with Crippen molar-refractivity contribution in [1.29, 1.82) is 0 Å². The van der Waals surface area contributed by atoms with E-state index >= 15 is 0 Å². The second kappa shape index (κ2) is 28.8. The molecule has 1 saturated heterocycles. The maximum Gasteiger partial charge on any atom is 0.472 e. The molecule has 6 heteroatoms. The smallest absolute Gasteiger partial charge is 0.371 e. The molecule has 3 atom stereocenters. The topological polar surface area (TPSA) is 68.3 Å². The molecule has 1 rings (SSSR count). The van der Waals surface area contributed by atoms with Crippen LogP contribution in [0.25, 0.3) is 0 Å². The van der Waals surface area contributed by atoms with E-state index in [1.807, 2.05) is 0 Å².